The van der Waals surface area contributed by atoms with Crippen molar-refractivity contribution in [1.82, 2.24) is 19.9 Å². The molecule has 0 amide bonds. The zero-order valence-corrected chi connectivity index (χ0v) is 13.1. The minimum atomic E-state index is 0.0173. The van der Waals surface area contributed by atoms with Crippen LogP contribution in [0.15, 0.2) is 45.2 Å². The number of benzene rings is 1. The lowest BCUT2D eigenvalue weighted by Crippen LogP contribution is -2.04. The highest BCUT2D eigenvalue weighted by Gasteiger charge is 2.11. The third-order valence-corrected chi connectivity index (χ3v) is 4.87. The molecular formula is C13H12BrN5S. The van der Waals surface area contributed by atoms with Crippen LogP contribution in [-0.4, -0.2) is 19.9 Å². The molecular weight excluding hydrogens is 338 g/mol. The summed E-state index contributed by atoms with van der Waals surface area (Å²) in [7, 11) is 0. The molecule has 0 aliphatic carbocycles. The van der Waals surface area contributed by atoms with Gasteiger partial charge in [-0.05, 0) is 40.5 Å². The van der Waals surface area contributed by atoms with Crippen molar-refractivity contribution in [2.45, 2.75) is 22.9 Å². The van der Waals surface area contributed by atoms with E-state index in [-0.39, 0.29) is 6.04 Å². The molecule has 5 nitrogen and oxygen atoms in total. The van der Waals surface area contributed by atoms with Gasteiger partial charge < -0.3 is 10.7 Å². The minimum Gasteiger partial charge on any atom is -0.341 e. The van der Waals surface area contributed by atoms with Crippen molar-refractivity contribution < 1.29 is 0 Å². The molecule has 3 aromatic rings. The van der Waals surface area contributed by atoms with Crippen LogP contribution in [0.25, 0.3) is 11.2 Å². The summed E-state index contributed by atoms with van der Waals surface area (Å²) in [6, 6.07) is 6.13. The largest absolute Gasteiger partial charge is 0.341 e. The summed E-state index contributed by atoms with van der Waals surface area (Å²) in [5, 5.41) is 0.849. The Bertz CT molecular complexity index is 755. The van der Waals surface area contributed by atoms with E-state index in [4.69, 9.17) is 5.73 Å². The lowest BCUT2D eigenvalue weighted by atomic mass is 10.1. The topological polar surface area (TPSA) is 80.5 Å². The number of nitrogens with zero attached hydrogens (tertiary/aromatic N) is 3. The van der Waals surface area contributed by atoms with Crippen LogP contribution in [0.3, 0.4) is 0 Å². The number of H-pyrrole nitrogens is 1. The fourth-order valence-electron chi connectivity index (χ4n) is 1.81. The van der Waals surface area contributed by atoms with E-state index >= 15 is 0 Å². The van der Waals surface area contributed by atoms with Crippen LogP contribution < -0.4 is 5.73 Å². The van der Waals surface area contributed by atoms with E-state index in [9.17, 15) is 0 Å². The van der Waals surface area contributed by atoms with E-state index < -0.39 is 0 Å². The van der Waals surface area contributed by atoms with E-state index in [2.05, 4.69) is 35.9 Å². The van der Waals surface area contributed by atoms with Crippen molar-refractivity contribution in [2.75, 3.05) is 0 Å². The number of fused-ring (bicyclic) bond motifs is 1. The van der Waals surface area contributed by atoms with E-state index in [0.29, 0.717) is 5.65 Å². The maximum Gasteiger partial charge on any atom is 0.181 e. The van der Waals surface area contributed by atoms with Gasteiger partial charge in [-0.25, -0.2) is 15.0 Å². The summed E-state index contributed by atoms with van der Waals surface area (Å²) >= 11 is 5.14. The molecule has 3 rings (SSSR count). The molecule has 1 aromatic carbocycles. The Morgan fingerprint density at radius 3 is 2.90 bits per heavy atom. The predicted molar refractivity (Wildman–Crippen MR) is 82.6 cm³/mol. The molecule has 20 heavy (non-hydrogen) atoms. The van der Waals surface area contributed by atoms with Gasteiger partial charge in [0, 0.05) is 15.4 Å². The summed E-state index contributed by atoms with van der Waals surface area (Å²) in [6.45, 7) is 1.97. The van der Waals surface area contributed by atoms with Gasteiger partial charge in [0.1, 0.15) is 16.9 Å². The minimum absolute atomic E-state index is 0.0173. The standard InChI is InChI=1S/C13H12BrN5S/c1-7(15)8-2-3-10(9(14)4-8)20-13-11-12(17-5-16-11)18-6-19-13/h2-7H,15H2,1H3,(H,16,17,18,19)/t7-/m1/s1. The molecule has 0 spiro atoms. The van der Waals surface area contributed by atoms with Gasteiger partial charge in [-0.15, -0.1) is 0 Å². The monoisotopic (exact) mass is 349 g/mol. The van der Waals surface area contributed by atoms with Crippen LogP contribution in [0.5, 0.6) is 0 Å². The Kier molecular flexibility index (Phi) is 3.73. The molecule has 0 unspecified atom stereocenters. The fraction of sp³-hybridized carbons (Fsp3) is 0.154. The molecule has 2 aromatic heterocycles. The van der Waals surface area contributed by atoms with Gasteiger partial charge in [0.2, 0.25) is 0 Å². The second kappa shape index (κ2) is 5.51. The highest BCUT2D eigenvalue weighted by molar-refractivity contribution is 9.10. The van der Waals surface area contributed by atoms with Crippen LogP contribution in [-0.2, 0) is 0 Å². The average molecular weight is 350 g/mol. The molecule has 1 atom stereocenters. The van der Waals surface area contributed by atoms with Gasteiger partial charge in [0.25, 0.3) is 0 Å². The highest BCUT2D eigenvalue weighted by atomic mass is 79.9. The van der Waals surface area contributed by atoms with Crippen LogP contribution in [0, 0.1) is 0 Å². The molecule has 0 saturated heterocycles. The van der Waals surface area contributed by atoms with Crippen molar-refractivity contribution in [3.8, 4) is 0 Å². The SMILES string of the molecule is C[C@@H](N)c1ccc(Sc2ncnc3nc[nH]c23)c(Br)c1. The Labute approximate surface area is 128 Å². The summed E-state index contributed by atoms with van der Waals surface area (Å²) in [6.07, 6.45) is 3.15. The van der Waals surface area contributed by atoms with Crippen molar-refractivity contribution >= 4 is 38.9 Å². The molecule has 3 N–H and O–H groups in total. The number of hydrogen-bond acceptors (Lipinski definition) is 5. The number of hydrogen-bond donors (Lipinski definition) is 2. The maximum atomic E-state index is 5.88. The molecule has 0 bridgehead atoms. The summed E-state index contributed by atoms with van der Waals surface area (Å²) in [5.74, 6) is 0. The molecule has 2 heterocycles. The highest BCUT2D eigenvalue weighted by Crippen LogP contribution is 2.35. The summed E-state index contributed by atoms with van der Waals surface area (Å²) in [5.41, 5.74) is 8.50. The molecule has 0 radical (unpaired) electrons. The molecule has 102 valence electrons. The Morgan fingerprint density at radius 2 is 2.15 bits per heavy atom. The Balaban J connectivity index is 1.97. The number of imidazole rings is 1. The first kappa shape index (κ1) is 13.5. The number of halogens is 1. The van der Waals surface area contributed by atoms with Gasteiger partial charge in [-0.3, -0.25) is 0 Å². The van der Waals surface area contributed by atoms with Crippen LogP contribution >= 0.6 is 27.7 Å². The molecule has 0 aliphatic rings. The third kappa shape index (κ3) is 2.56. The molecule has 0 saturated carbocycles. The van der Waals surface area contributed by atoms with Gasteiger partial charge >= 0.3 is 0 Å². The average Bonchev–Trinajstić information content (AvgIpc) is 2.90. The van der Waals surface area contributed by atoms with E-state index in [1.807, 2.05) is 25.1 Å². The zero-order chi connectivity index (χ0) is 14.1. The first-order chi connectivity index (χ1) is 9.65. The van der Waals surface area contributed by atoms with Crippen LogP contribution in [0.2, 0.25) is 0 Å². The van der Waals surface area contributed by atoms with E-state index in [1.54, 1.807) is 18.1 Å². The quantitative estimate of drug-likeness (QED) is 0.709. The van der Waals surface area contributed by atoms with Crippen LogP contribution in [0.4, 0.5) is 0 Å². The second-order valence-corrected chi connectivity index (χ2v) is 6.25. The Hall–Kier alpha value is -1.44. The number of nitrogens with one attached hydrogen (secondary N) is 1. The first-order valence-electron chi connectivity index (χ1n) is 6.02. The zero-order valence-electron chi connectivity index (χ0n) is 10.7. The normalized spacial score (nSPS) is 12.8. The number of rotatable bonds is 3. The lowest BCUT2D eigenvalue weighted by molar-refractivity contribution is 0.815. The van der Waals surface area contributed by atoms with Gasteiger partial charge in [-0.1, -0.05) is 17.8 Å². The second-order valence-electron chi connectivity index (χ2n) is 4.36. The van der Waals surface area contributed by atoms with Crippen LogP contribution in [0.1, 0.15) is 18.5 Å². The maximum absolute atomic E-state index is 5.88. The Morgan fingerprint density at radius 1 is 1.30 bits per heavy atom. The van der Waals surface area contributed by atoms with Gasteiger partial charge in [0.15, 0.2) is 5.65 Å². The predicted octanol–water partition coefficient (Wildman–Crippen LogP) is 3.29. The van der Waals surface area contributed by atoms with Crippen molar-refractivity contribution in [2.24, 2.45) is 5.73 Å². The molecule has 0 fully saturated rings. The van der Waals surface area contributed by atoms with E-state index in [0.717, 1.165) is 25.5 Å². The van der Waals surface area contributed by atoms with E-state index in [1.165, 1.54) is 6.33 Å². The fourth-order valence-corrected chi connectivity index (χ4v) is 3.30. The number of nitrogens with two attached hydrogens (primary N) is 1. The number of aromatic nitrogens is 4. The van der Waals surface area contributed by atoms with Crippen molar-refractivity contribution in [1.29, 1.82) is 0 Å². The molecule has 0 aliphatic heterocycles. The third-order valence-electron chi connectivity index (χ3n) is 2.88. The molecule has 7 heteroatoms. The van der Waals surface area contributed by atoms with Crippen molar-refractivity contribution in [3.63, 3.8) is 0 Å². The van der Waals surface area contributed by atoms with Gasteiger partial charge in [-0.2, -0.15) is 0 Å². The summed E-state index contributed by atoms with van der Waals surface area (Å²) in [4.78, 5) is 16.7. The smallest absolute Gasteiger partial charge is 0.181 e. The van der Waals surface area contributed by atoms with Crippen molar-refractivity contribution in [3.05, 3.63) is 40.9 Å². The number of aromatic amines is 1. The summed E-state index contributed by atoms with van der Waals surface area (Å²) < 4.78 is 1.00. The van der Waals surface area contributed by atoms with Gasteiger partial charge in [0.05, 0.1) is 6.33 Å². The first-order valence-corrected chi connectivity index (χ1v) is 7.63. The lowest BCUT2D eigenvalue weighted by Gasteiger charge is -2.09.